The van der Waals surface area contributed by atoms with E-state index in [4.69, 9.17) is 11.6 Å². The van der Waals surface area contributed by atoms with E-state index in [0.717, 1.165) is 5.56 Å². The van der Waals surface area contributed by atoms with Gasteiger partial charge in [-0.25, -0.2) is 4.39 Å². The van der Waals surface area contributed by atoms with E-state index in [1.165, 1.54) is 6.07 Å². The Morgan fingerprint density at radius 1 is 1.50 bits per heavy atom. The summed E-state index contributed by atoms with van der Waals surface area (Å²) < 4.78 is 13.7. The van der Waals surface area contributed by atoms with Crippen molar-refractivity contribution < 1.29 is 9.50 Å². The summed E-state index contributed by atoms with van der Waals surface area (Å²) in [5.74, 6) is 0.635. The second kappa shape index (κ2) is 4.55. The molecule has 2 unspecified atom stereocenters. The molecule has 0 radical (unpaired) electrons. The smallest absolute Gasteiger partial charge is 0.129 e. The molecule has 0 spiro atoms. The molecule has 1 aromatic carbocycles. The molecule has 0 saturated carbocycles. The maximum absolute atomic E-state index is 13.7. The molecule has 0 amide bonds. The molecular weight excluding hydrogens is 247 g/mol. The van der Waals surface area contributed by atoms with Crippen LogP contribution in [0.25, 0.3) is 0 Å². The van der Waals surface area contributed by atoms with E-state index in [-0.39, 0.29) is 11.1 Å². The van der Waals surface area contributed by atoms with E-state index in [1.54, 1.807) is 17.8 Å². The molecule has 2 atom stereocenters. The zero-order chi connectivity index (χ0) is 11.9. The first-order chi connectivity index (χ1) is 7.52. The Kier molecular flexibility index (Phi) is 3.48. The average molecular weight is 261 g/mol. The van der Waals surface area contributed by atoms with Crippen molar-refractivity contribution in [1.29, 1.82) is 0 Å². The second-order valence-electron chi connectivity index (χ2n) is 4.39. The molecule has 1 aromatic rings. The van der Waals surface area contributed by atoms with Crippen LogP contribution in [0.2, 0.25) is 5.02 Å². The monoisotopic (exact) mass is 260 g/mol. The van der Waals surface area contributed by atoms with Crippen LogP contribution in [0.5, 0.6) is 0 Å². The Morgan fingerprint density at radius 3 is 2.81 bits per heavy atom. The van der Waals surface area contributed by atoms with Gasteiger partial charge in [-0.2, -0.15) is 11.8 Å². The van der Waals surface area contributed by atoms with Gasteiger partial charge in [0.1, 0.15) is 5.82 Å². The van der Waals surface area contributed by atoms with Crippen molar-refractivity contribution in [2.24, 2.45) is 5.92 Å². The topological polar surface area (TPSA) is 20.2 Å². The maximum atomic E-state index is 13.7. The largest absolute Gasteiger partial charge is 0.387 e. The summed E-state index contributed by atoms with van der Waals surface area (Å²) >= 11 is 7.66. The van der Waals surface area contributed by atoms with Crippen molar-refractivity contribution in [3.05, 3.63) is 34.1 Å². The highest BCUT2D eigenvalue weighted by Crippen LogP contribution is 2.44. The molecular formula is C12H14ClFOS. The van der Waals surface area contributed by atoms with Crippen LogP contribution in [-0.4, -0.2) is 10.4 Å². The maximum Gasteiger partial charge on any atom is 0.129 e. The van der Waals surface area contributed by atoms with Gasteiger partial charge in [0.25, 0.3) is 0 Å². The number of rotatable bonds is 1. The number of benzene rings is 1. The van der Waals surface area contributed by atoms with Gasteiger partial charge in [-0.05, 0) is 23.6 Å². The van der Waals surface area contributed by atoms with Crippen LogP contribution in [0.15, 0.2) is 12.1 Å². The third-order valence-electron chi connectivity index (χ3n) is 2.93. The highest BCUT2D eigenvalue weighted by atomic mass is 35.5. The highest BCUT2D eigenvalue weighted by molar-refractivity contribution is 7.99. The van der Waals surface area contributed by atoms with Crippen LogP contribution in [0.1, 0.15) is 31.1 Å². The van der Waals surface area contributed by atoms with Crippen molar-refractivity contribution in [3.63, 3.8) is 0 Å². The lowest BCUT2D eigenvalue weighted by Crippen LogP contribution is -2.27. The summed E-state index contributed by atoms with van der Waals surface area (Å²) in [7, 11) is 0. The molecule has 4 heteroatoms. The van der Waals surface area contributed by atoms with E-state index < -0.39 is 6.10 Å². The molecule has 0 saturated heterocycles. The third kappa shape index (κ3) is 1.96. The Labute approximate surface area is 104 Å². The lowest BCUT2D eigenvalue weighted by molar-refractivity contribution is 0.151. The minimum absolute atomic E-state index is 0.0421. The summed E-state index contributed by atoms with van der Waals surface area (Å²) in [6, 6.07) is 2.89. The molecule has 0 aromatic heterocycles. The van der Waals surface area contributed by atoms with Crippen LogP contribution in [0.4, 0.5) is 4.39 Å². The summed E-state index contributed by atoms with van der Waals surface area (Å²) in [6.07, 6.45) is -0.757. The summed E-state index contributed by atoms with van der Waals surface area (Å²) in [5, 5.41) is 10.8. The molecule has 88 valence electrons. The quantitative estimate of drug-likeness (QED) is 0.829. The number of aliphatic hydroxyl groups excluding tert-OH is 1. The van der Waals surface area contributed by atoms with Crippen molar-refractivity contribution in [2.45, 2.75) is 31.0 Å². The summed E-state index contributed by atoms with van der Waals surface area (Å²) in [4.78, 5) is 0. The Morgan fingerprint density at radius 2 is 2.19 bits per heavy atom. The van der Waals surface area contributed by atoms with Gasteiger partial charge in [-0.1, -0.05) is 25.4 Å². The van der Waals surface area contributed by atoms with Gasteiger partial charge < -0.3 is 5.11 Å². The van der Waals surface area contributed by atoms with Gasteiger partial charge in [0.15, 0.2) is 0 Å². The first kappa shape index (κ1) is 12.2. The fraction of sp³-hybridized carbons (Fsp3) is 0.500. The van der Waals surface area contributed by atoms with Crippen LogP contribution in [-0.2, 0) is 5.75 Å². The van der Waals surface area contributed by atoms with Crippen molar-refractivity contribution in [3.8, 4) is 0 Å². The second-order valence-corrected chi connectivity index (χ2v) is 5.96. The van der Waals surface area contributed by atoms with Crippen LogP contribution in [0, 0.1) is 11.7 Å². The Balaban J connectivity index is 2.48. The van der Waals surface area contributed by atoms with Crippen molar-refractivity contribution in [2.75, 3.05) is 0 Å². The molecule has 0 fully saturated rings. The predicted octanol–water partition coefficient (Wildman–Crippen LogP) is 3.78. The zero-order valence-electron chi connectivity index (χ0n) is 9.21. The number of hydrogen-bond acceptors (Lipinski definition) is 2. The average Bonchev–Trinajstić information content (AvgIpc) is 2.23. The molecule has 1 aliphatic heterocycles. The Bertz CT molecular complexity index is 408. The van der Waals surface area contributed by atoms with Crippen LogP contribution in [0.3, 0.4) is 0 Å². The number of aliphatic hydroxyl groups is 1. The molecule has 1 heterocycles. The van der Waals surface area contributed by atoms with Gasteiger partial charge in [-0.15, -0.1) is 0 Å². The van der Waals surface area contributed by atoms with Gasteiger partial charge in [-0.3, -0.25) is 0 Å². The van der Waals surface area contributed by atoms with Crippen molar-refractivity contribution in [1.82, 2.24) is 0 Å². The molecule has 1 nitrogen and oxygen atoms in total. The number of fused-ring (bicyclic) bond motifs is 1. The lowest BCUT2D eigenvalue weighted by atomic mass is 9.94. The fourth-order valence-electron chi connectivity index (χ4n) is 2.07. The lowest BCUT2D eigenvalue weighted by Gasteiger charge is -2.32. The normalized spacial score (nSPS) is 24.6. The van der Waals surface area contributed by atoms with Gasteiger partial charge in [0.05, 0.1) is 6.10 Å². The van der Waals surface area contributed by atoms with E-state index >= 15 is 0 Å². The molecule has 0 aliphatic carbocycles. The summed E-state index contributed by atoms with van der Waals surface area (Å²) in [5.41, 5.74) is 1.14. The van der Waals surface area contributed by atoms with Crippen LogP contribution < -0.4 is 0 Å². The van der Waals surface area contributed by atoms with Gasteiger partial charge in [0, 0.05) is 21.6 Å². The number of hydrogen-bond donors (Lipinski definition) is 1. The third-order valence-corrected chi connectivity index (χ3v) is 4.93. The molecule has 2 rings (SSSR count). The highest BCUT2D eigenvalue weighted by Gasteiger charge is 2.33. The minimum Gasteiger partial charge on any atom is -0.387 e. The van der Waals surface area contributed by atoms with Gasteiger partial charge >= 0.3 is 0 Å². The van der Waals surface area contributed by atoms with Gasteiger partial charge in [0.2, 0.25) is 0 Å². The van der Waals surface area contributed by atoms with Crippen molar-refractivity contribution >= 4 is 23.4 Å². The molecule has 0 bridgehead atoms. The standard InChI is InChI=1S/C12H14ClFOS/c1-6(2)12-11(15)10-7(5-16-12)8(13)3-4-9(10)14/h3-4,6,11-12,15H,5H2,1-2H3. The number of halogens is 2. The Hall–Kier alpha value is -0.250. The fourth-order valence-corrected chi connectivity index (χ4v) is 3.75. The zero-order valence-corrected chi connectivity index (χ0v) is 10.8. The minimum atomic E-state index is -0.757. The summed E-state index contributed by atoms with van der Waals surface area (Å²) in [6.45, 7) is 4.07. The van der Waals surface area contributed by atoms with E-state index in [2.05, 4.69) is 0 Å². The van der Waals surface area contributed by atoms with Crippen LogP contribution >= 0.6 is 23.4 Å². The van der Waals surface area contributed by atoms with E-state index in [1.807, 2.05) is 13.8 Å². The van der Waals surface area contributed by atoms with E-state index in [0.29, 0.717) is 22.3 Å². The molecule has 16 heavy (non-hydrogen) atoms. The molecule has 1 N–H and O–H groups in total. The van der Waals surface area contributed by atoms with E-state index in [9.17, 15) is 9.50 Å². The molecule has 1 aliphatic rings. The SMILES string of the molecule is CC(C)C1SCc2c(Cl)ccc(F)c2C1O. The predicted molar refractivity (Wildman–Crippen MR) is 66.3 cm³/mol. The first-order valence-electron chi connectivity index (χ1n) is 5.28. The number of thioether (sulfide) groups is 1. The first-order valence-corrected chi connectivity index (χ1v) is 6.71.